The zero-order chi connectivity index (χ0) is 13.7. The third-order valence-corrected chi connectivity index (χ3v) is 4.69. The Bertz CT molecular complexity index is 625. The molecule has 1 saturated heterocycles. The minimum atomic E-state index is -0.607. The van der Waals surface area contributed by atoms with Crippen LogP contribution in [0.5, 0.6) is 0 Å². The highest BCUT2D eigenvalue weighted by molar-refractivity contribution is 7.11. The number of hydrogen-bond donors (Lipinski definition) is 0. The summed E-state index contributed by atoms with van der Waals surface area (Å²) in [5.41, 5.74) is 0.213. The average molecular weight is 301 g/mol. The molecule has 19 heavy (non-hydrogen) atoms. The molecule has 100 valence electrons. The Morgan fingerprint density at radius 3 is 2.74 bits per heavy atom. The van der Waals surface area contributed by atoms with E-state index in [1.165, 1.54) is 4.90 Å². The van der Waals surface area contributed by atoms with Crippen molar-refractivity contribution in [2.45, 2.75) is 19.8 Å². The predicted molar refractivity (Wildman–Crippen MR) is 70.9 cm³/mol. The number of anilines is 1. The monoisotopic (exact) mass is 300 g/mol. The largest absolute Gasteiger partial charge is 0.336 e. The highest BCUT2D eigenvalue weighted by atomic mass is 35.5. The SMILES string of the molecule is Cc1sc(F)c(N2C(=O)C3=CCCCN3C2=O)c1Cl. The highest BCUT2D eigenvalue weighted by Crippen LogP contribution is 2.41. The first-order valence-electron chi connectivity index (χ1n) is 5.83. The lowest BCUT2D eigenvalue weighted by Gasteiger charge is -2.19. The van der Waals surface area contributed by atoms with Crippen LogP contribution in [0.4, 0.5) is 14.9 Å². The van der Waals surface area contributed by atoms with Crippen LogP contribution in [0.1, 0.15) is 17.7 Å². The van der Waals surface area contributed by atoms with E-state index in [9.17, 15) is 14.0 Å². The number of aryl methyl sites for hydroxylation is 1. The number of carbonyl (C=O) groups excluding carboxylic acids is 2. The van der Waals surface area contributed by atoms with Crippen LogP contribution in [0, 0.1) is 12.1 Å². The molecule has 0 atom stereocenters. The number of rotatable bonds is 1. The molecule has 0 unspecified atom stereocenters. The van der Waals surface area contributed by atoms with Gasteiger partial charge in [-0.05, 0) is 19.8 Å². The molecular weight excluding hydrogens is 291 g/mol. The smallest absolute Gasteiger partial charge is 0.289 e. The maximum atomic E-state index is 13.9. The maximum Gasteiger partial charge on any atom is 0.336 e. The maximum absolute atomic E-state index is 13.9. The lowest BCUT2D eigenvalue weighted by molar-refractivity contribution is -0.114. The summed E-state index contributed by atoms with van der Waals surface area (Å²) in [6.07, 6.45) is 3.27. The fraction of sp³-hybridized carbons (Fsp3) is 0.333. The Labute approximate surface area is 118 Å². The second-order valence-electron chi connectivity index (χ2n) is 4.40. The van der Waals surface area contributed by atoms with E-state index in [0.717, 1.165) is 29.1 Å². The van der Waals surface area contributed by atoms with Gasteiger partial charge in [-0.25, -0.2) is 9.69 Å². The molecule has 1 fully saturated rings. The Kier molecular flexibility index (Phi) is 2.87. The highest BCUT2D eigenvalue weighted by Gasteiger charge is 2.45. The number of carbonyl (C=O) groups is 2. The first-order valence-corrected chi connectivity index (χ1v) is 7.02. The van der Waals surface area contributed by atoms with Gasteiger partial charge in [0.05, 0.1) is 5.02 Å². The molecular formula is C12H10ClFN2O2S. The van der Waals surface area contributed by atoms with Crippen molar-refractivity contribution in [2.75, 3.05) is 11.4 Å². The molecule has 3 amide bonds. The van der Waals surface area contributed by atoms with Crippen LogP contribution in [0.25, 0.3) is 0 Å². The molecule has 7 heteroatoms. The molecule has 0 radical (unpaired) electrons. The first kappa shape index (κ1) is 12.6. The first-order chi connectivity index (χ1) is 9.02. The molecule has 1 aromatic heterocycles. The molecule has 0 aromatic carbocycles. The van der Waals surface area contributed by atoms with Crippen molar-refractivity contribution in [3.8, 4) is 0 Å². The Morgan fingerprint density at radius 2 is 2.16 bits per heavy atom. The fourth-order valence-electron chi connectivity index (χ4n) is 2.31. The van der Waals surface area contributed by atoms with Gasteiger partial charge in [0.2, 0.25) is 5.13 Å². The van der Waals surface area contributed by atoms with Crippen LogP contribution in [-0.2, 0) is 4.79 Å². The molecule has 1 aromatic rings. The van der Waals surface area contributed by atoms with Gasteiger partial charge in [-0.1, -0.05) is 17.7 Å². The molecule has 2 aliphatic heterocycles. The summed E-state index contributed by atoms with van der Waals surface area (Å²) in [6.45, 7) is 2.13. The summed E-state index contributed by atoms with van der Waals surface area (Å²) in [4.78, 5) is 27.3. The standard InChI is InChI=1S/C12H10ClFN2O2S/c1-6-8(13)9(10(14)19-6)16-11(17)7-4-2-3-5-15(7)12(16)18/h4H,2-3,5H2,1H3. The molecule has 0 spiro atoms. The minimum Gasteiger partial charge on any atom is -0.289 e. The van der Waals surface area contributed by atoms with E-state index < -0.39 is 17.1 Å². The van der Waals surface area contributed by atoms with Crippen molar-refractivity contribution in [3.05, 3.63) is 26.8 Å². The number of fused-ring (bicyclic) bond motifs is 1. The molecule has 0 bridgehead atoms. The predicted octanol–water partition coefficient (Wildman–Crippen LogP) is 3.30. The fourth-order valence-corrected chi connectivity index (χ4v) is 3.39. The summed E-state index contributed by atoms with van der Waals surface area (Å²) >= 11 is 6.85. The minimum absolute atomic E-state index is 0.116. The summed E-state index contributed by atoms with van der Waals surface area (Å²) in [5, 5.41) is -0.478. The second-order valence-corrected chi connectivity index (χ2v) is 5.95. The summed E-state index contributed by atoms with van der Waals surface area (Å²) in [7, 11) is 0. The lowest BCUT2D eigenvalue weighted by Crippen LogP contribution is -2.34. The lowest BCUT2D eigenvalue weighted by atomic mass is 10.2. The third kappa shape index (κ3) is 1.70. The van der Waals surface area contributed by atoms with Gasteiger partial charge in [0, 0.05) is 11.4 Å². The van der Waals surface area contributed by atoms with E-state index in [2.05, 4.69) is 0 Å². The van der Waals surface area contributed by atoms with E-state index >= 15 is 0 Å². The summed E-state index contributed by atoms with van der Waals surface area (Å²) in [5.74, 6) is -0.497. The third-order valence-electron chi connectivity index (χ3n) is 3.23. The number of thiophene rings is 1. The van der Waals surface area contributed by atoms with Crippen molar-refractivity contribution in [2.24, 2.45) is 0 Å². The van der Waals surface area contributed by atoms with Gasteiger partial charge in [-0.15, -0.1) is 11.3 Å². The average Bonchev–Trinajstić information content (AvgIpc) is 2.78. The van der Waals surface area contributed by atoms with Crippen LogP contribution in [-0.4, -0.2) is 23.4 Å². The van der Waals surface area contributed by atoms with Crippen molar-refractivity contribution in [1.29, 1.82) is 0 Å². The van der Waals surface area contributed by atoms with Gasteiger partial charge in [0.1, 0.15) is 11.4 Å². The molecule has 2 aliphatic rings. The van der Waals surface area contributed by atoms with E-state index in [1.54, 1.807) is 13.0 Å². The second kappa shape index (κ2) is 4.31. The Hall–Kier alpha value is -1.40. The molecule has 4 nitrogen and oxygen atoms in total. The molecule has 0 aliphatic carbocycles. The molecule has 0 N–H and O–H groups in total. The molecule has 0 saturated carbocycles. The number of urea groups is 1. The number of allylic oxidation sites excluding steroid dienone is 1. The Balaban J connectivity index is 2.11. The number of amides is 3. The van der Waals surface area contributed by atoms with Crippen molar-refractivity contribution >= 4 is 40.6 Å². The molecule has 3 rings (SSSR count). The Morgan fingerprint density at radius 1 is 1.42 bits per heavy atom. The number of halogens is 2. The van der Waals surface area contributed by atoms with E-state index in [4.69, 9.17) is 11.6 Å². The summed E-state index contributed by atoms with van der Waals surface area (Å²) in [6, 6.07) is -0.519. The van der Waals surface area contributed by atoms with Gasteiger partial charge < -0.3 is 0 Å². The zero-order valence-electron chi connectivity index (χ0n) is 10.1. The van der Waals surface area contributed by atoms with Gasteiger partial charge >= 0.3 is 6.03 Å². The van der Waals surface area contributed by atoms with Crippen LogP contribution < -0.4 is 4.90 Å². The van der Waals surface area contributed by atoms with Crippen molar-refractivity contribution in [1.82, 2.24) is 4.90 Å². The van der Waals surface area contributed by atoms with Crippen LogP contribution in [0.2, 0.25) is 5.02 Å². The van der Waals surface area contributed by atoms with Crippen LogP contribution >= 0.6 is 22.9 Å². The number of imide groups is 1. The van der Waals surface area contributed by atoms with Crippen LogP contribution in [0.15, 0.2) is 11.8 Å². The zero-order valence-corrected chi connectivity index (χ0v) is 11.6. The quantitative estimate of drug-likeness (QED) is 0.747. The number of hydrogen-bond acceptors (Lipinski definition) is 3. The van der Waals surface area contributed by atoms with E-state index in [1.807, 2.05) is 0 Å². The topological polar surface area (TPSA) is 40.6 Å². The van der Waals surface area contributed by atoms with E-state index in [-0.39, 0.29) is 10.7 Å². The normalized spacial score (nSPS) is 19.0. The van der Waals surface area contributed by atoms with Crippen molar-refractivity contribution in [3.63, 3.8) is 0 Å². The summed E-state index contributed by atoms with van der Waals surface area (Å²) < 4.78 is 13.9. The number of nitrogens with zero attached hydrogens (tertiary/aromatic N) is 2. The molecule has 3 heterocycles. The van der Waals surface area contributed by atoms with Gasteiger partial charge in [0.25, 0.3) is 5.91 Å². The van der Waals surface area contributed by atoms with Gasteiger partial charge in [-0.2, -0.15) is 4.39 Å². The van der Waals surface area contributed by atoms with Gasteiger partial charge in [-0.3, -0.25) is 9.69 Å². The van der Waals surface area contributed by atoms with Crippen molar-refractivity contribution < 1.29 is 14.0 Å². The van der Waals surface area contributed by atoms with Gasteiger partial charge in [0.15, 0.2) is 0 Å². The van der Waals surface area contributed by atoms with E-state index in [0.29, 0.717) is 17.1 Å². The van der Waals surface area contributed by atoms with Crippen LogP contribution in [0.3, 0.4) is 0 Å².